The van der Waals surface area contributed by atoms with E-state index in [-0.39, 0.29) is 12.1 Å². The van der Waals surface area contributed by atoms with Crippen molar-refractivity contribution < 1.29 is 5.11 Å². The van der Waals surface area contributed by atoms with Gasteiger partial charge in [0.2, 0.25) is 0 Å². The lowest BCUT2D eigenvalue weighted by molar-refractivity contribution is 0.289. The van der Waals surface area contributed by atoms with Crippen molar-refractivity contribution in [2.45, 2.75) is 63.7 Å². The summed E-state index contributed by atoms with van der Waals surface area (Å²) >= 11 is 1.89. The highest BCUT2D eigenvalue weighted by molar-refractivity contribution is 7.99. The second-order valence-electron chi connectivity index (χ2n) is 4.77. The highest BCUT2D eigenvalue weighted by atomic mass is 32.2. The Bertz CT molecular complexity index is 242. The lowest BCUT2D eigenvalue weighted by Gasteiger charge is -2.26. The minimum atomic E-state index is -0.337. The molecule has 0 aromatic rings. The highest BCUT2D eigenvalue weighted by Gasteiger charge is 2.26. The van der Waals surface area contributed by atoms with Gasteiger partial charge in [-0.3, -0.25) is 5.32 Å². The van der Waals surface area contributed by atoms with Crippen molar-refractivity contribution >= 4 is 11.8 Å². The monoisotopic (exact) mass is 272 g/mol. The number of thioether (sulfide) groups is 1. The summed E-state index contributed by atoms with van der Waals surface area (Å²) in [5, 5.41) is 22.1. The molecule has 0 rings (SSSR count). The van der Waals surface area contributed by atoms with Crippen molar-refractivity contribution in [1.82, 2.24) is 5.32 Å². The molecule has 0 spiro atoms. The zero-order chi connectivity index (χ0) is 13.9. The third-order valence-corrected chi connectivity index (χ3v) is 4.55. The van der Waals surface area contributed by atoms with Crippen LogP contribution in [0.1, 0.15) is 52.9 Å². The standard InChI is InChI=1S/C14H28N2OS/c1-4-9-16-14(5-2,12-15)8-6-11-18-13(3)7-10-17/h13,16-17H,4-11H2,1-3H3. The fourth-order valence-electron chi connectivity index (χ4n) is 1.85. The normalized spacial score (nSPS) is 15.9. The molecule has 0 saturated heterocycles. The molecule has 0 radical (unpaired) electrons. The molecular formula is C14H28N2OS. The van der Waals surface area contributed by atoms with Gasteiger partial charge in [0.1, 0.15) is 5.54 Å². The van der Waals surface area contributed by atoms with Crippen LogP contribution in [-0.4, -0.2) is 34.8 Å². The summed E-state index contributed by atoms with van der Waals surface area (Å²) < 4.78 is 0. The lowest BCUT2D eigenvalue weighted by Crippen LogP contribution is -2.43. The Kier molecular flexibility index (Phi) is 10.5. The van der Waals surface area contributed by atoms with Gasteiger partial charge in [-0.1, -0.05) is 20.8 Å². The zero-order valence-corrected chi connectivity index (χ0v) is 12.9. The molecule has 0 amide bonds. The van der Waals surface area contributed by atoms with Crippen LogP contribution in [0, 0.1) is 11.3 Å². The predicted octanol–water partition coefficient (Wildman–Crippen LogP) is 2.94. The first-order chi connectivity index (χ1) is 8.64. The topological polar surface area (TPSA) is 56.0 Å². The molecule has 3 nitrogen and oxygen atoms in total. The largest absolute Gasteiger partial charge is 0.396 e. The van der Waals surface area contributed by atoms with Crippen LogP contribution < -0.4 is 5.32 Å². The molecule has 2 unspecified atom stereocenters. The van der Waals surface area contributed by atoms with E-state index in [1.54, 1.807) is 0 Å². The smallest absolute Gasteiger partial charge is 0.106 e. The average molecular weight is 272 g/mol. The number of nitriles is 1. The Labute approximate surface area is 116 Å². The molecule has 0 aliphatic heterocycles. The van der Waals surface area contributed by atoms with Crippen molar-refractivity contribution in [3.05, 3.63) is 0 Å². The molecule has 106 valence electrons. The molecule has 0 aromatic carbocycles. The lowest BCUT2D eigenvalue weighted by atomic mass is 9.92. The number of nitrogens with zero attached hydrogens (tertiary/aromatic N) is 1. The average Bonchev–Trinajstić information content (AvgIpc) is 2.39. The molecular weight excluding hydrogens is 244 g/mol. The van der Waals surface area contributed by atoms with Crippen LogP contribution in [0.25, 0.3) is 0 Å². The van der Waals surface area contributed by atoms with E-state index < -0.39 is 0 Å². The number of hydrogen-bond donors (Lipinski definition) is 2. The molecule has 4 heteroatoms. The van der Waals surface area contributed by atoms with Gasteiger partial charge < -0.3 is 5.11 Å². The van der Waals surface area contributed by atoms with E-state index in [0.717, 1.165) is 44.4 Å². The zero-order valence-electron chi connectivity index (χ0n) is 12.0. The molecule has 0 fully saturated rings. The summed E-state index contributed by atoms with van der Waals surface area (Å²) in [5.74, 6) is 1.07. The van der Waals surface area contributed by atoms with Gasteiger partial charge in [0.15, 0.2) is 0 Å². The van der Waals surface area contributed by atoms with Crippen LogP contribution in [0.2, 0.25) is 0 Å². The van der Waals surface area contributed by atoms with Crippen molar-refractivity contribution in [1.29, 1.82) is 5.26 Å². The van der Waals surface area contributed by atoms with Crippen molar-refractivity contribution in [3.8, 4) is 6.07 Å². The molecule has 0 aromatic heterocycles. The first-order valence-corrected chi connectivity index (χ1v) is 8.07. The van der Waals surface area contributed by atoms with Gasteiger partial charge in [0.25, 0.3) is 0 Å². The quantitative estimate of drug-likeness (QED) is 0.568. The Morgan fingerprint density at radius 3 is 2.67 bits per heavy atom. The van der Waals surface area contributed by atoms with Gasteiger partial charge in [0.05, 0.1) is 6.07 Å². The summed E-state index contributed by atoms with van der Waals surface area (Å²) in [7, 11) is 0. The molecule has 18 heavy (non-hydrogen) atoms. The maximum absolute atomic E-state index is 9.34. The van der Waals surface area contributed by atoms with Gasteiger partial charge in [-0.15, -0.1) is 0 Å². The minimum absolute atomic E-state index is 0.267. The molecule has 0 saturated carbocycles. The van der Waals surface area contributed by atoms with Crippen molar-refractivity contribution in [2.24, 2.45) is 0 Å². The van der Waals surface area contributed by atoms with Crippen LogP contribution in [0.5, 0.6) is 0 Å². The molecule has 2 N–H and O–H groups in total. The summed E-state index contributed by atoms with van der Waals surface area (Å²) in [6.07, 6.45) is 4.75. The van der Waals surface area contributed by atoms with E-state index in [4.69, 9.17) is 5.11 Å². The van der Waals surface area contributed by atoms with E-state index in [1.165, 1.54) is 0 Å². The molecule has 0 bridgehead atoms. The number of rotatable bonds is 11. The third kappa shape index (κ3) is 7.25. The van der Waals surface area contributed by atoms with E-state index in [0.29, 0.717) is 5.25 Å². The second-order valence-corrected chi connectivity index (χ2v) is 6.32. The Balaban J connectivity index is 3.94. The predicted molar refractivity (Wildman–Crippen MR) is 79.8 cm³/mol. The third-order valence-electron chi connectivity index (χ3n) is 3.22. The van der Waals surface area contributed by atoms with E-state index >= 15 is 0 Å². The Hall–Kier alpha value is -0.240. The van der Waals surface area contributed by atoms with Crippen LogP contribution >= 0.6 is 11.8 Å². The van der Waals surface area contributed by atoms with Gasteiger partial charge in [-0.05, 0) is 44.4 Å². The fraction of sp³-hybridized carbons (Fsp3) is 0.929. The molecule has 0 heterocycles. The number of aliphatic hydroxyl groups is 1. The molecule has 0 aliphatic rings. The molecule has 2 atom stereocenters. The summed E-state index contributed by atoms with van der Waals surface area (Å²) in [5.41, 5.74) is -0.337. The summed E-state index contributed by atoms with van der Waals surface area (Å²) in [6, 6.07) is 2.45. The number of hydrogen-bond acceptors (Lipinski definition) is 4. The summed E-state index contributed by atoms with van der Waals surface area (Å²) in [4.78, 5) is 0. The van der Waals surface area contributed by atoms with Crippen LogP contribution in [0.3, 0.4) is 0 Å². The first-order valence-electron chi connectivity index (χ1n) is 7.02. The summed E-state index contributed by atoms with van der Waals surface area (Å²) in [6.45, 7) is 7.52. The number of aliphatic hydroxyl groups excluding tert-OH is 1. The Morgan fingerprint density at radius 2 is 2.17 bits per heavy atom. The fourth-order valence-corrected chi connectivity index (χ4v) is 2.84. The highest BCUT2D eigenvalue weighted by Crippen LogP contribution is 2.21. The van der Waals surface area contributed by atoms with E-state index in [2.05, 4.69) is 32.2 Å². The van der Waals surface area contributed by atoms with E-state index in [1.807, 2.05) is 11.8 Å². The second kappa shape index (κ2) is 10.7. The van der Waals surface area contributed by atoms with Crippen molar-refractivity contribution in [2.75, 3.05) is 18.9 Å². The van der Waals surface area contributed by atoms with Gasteiger partial charge in [-0.25, -0.2) is 0 Å². The van der Waals surface area contributed by atoms with E-state index in [9.17, 15) is 5.26 Å². The van der Waals surface area contributed by atoms with Crippen molar-refractivity contribution in [3.63, 3.8) is 0 Å². The molecule has 0 aliphatic carbocycles. The maximum atomic E-state index is 9.34. The number of nitrogens with one attached hydrogen (secondary N) is 1. The first kappa shape index (κ1) is 17.8. The minimum Gasteiger partial charge on any atom is -0.396 e. The maximum Gasteiger partial charge on any atom is 0.106 e. The van der Waals surface area contributed by atoms with Crippen LogP contribution in [0.4, 0.5) is 0 Å². The van der Waals surface area contributed by atoms with Gasteiger partial charge in [0, 0.05) is 11.9 Å². The van der Waals surface area contributed by atoms with Crippen LogP contribution in [-0.2, 0) is 0 Å². The van der Waals surface area contributed by atoms with Gasteiger partial charge in [-0.2, -0.15) is 17.0 Å². The Morgan fingerprint density at radius 1 is 1.44 bits per heavy atom. The van der Waals surface area contributed by atoms with Crippen LogP contribution in [0.15, 0.2) is 0 Å². The van der Waals surface area contributed by atoms with Gasteiger partial charge >= 0.3 is 0 Å². The SMILES string of the molecule is CCCNC(C#N)(CC)CCCSC(C)CCO.